The molecule has 6 nitrogen and oxygen atoms in total. The molecule has 0 radical (unpaired) electrons. The second-order valence-corrected chi connectivity index (χ2v) is 5.37. The zero-order valence-corrected chi connectivity index (χ0v) is 13.0. The van der Waals surface area contributed by atoms with Gasteiger partial charge in [-0.1, -0.05) is 23.7 Å². The Bertz CT molecular complexity index is 892. The predicted octanol–water partition coefficient (Wildman–Crippen LogP) is 2.61. The number of hydrogen-bond acceptors (Lipinski definition) is 3. The summed E-state index contributed by atoms with van der Waals surface area (Å²) in [6.07, 6.45) is 0. The number of carbonyl (C=O) groups excluding carboxylic acids is 2. The Morgan fingerprint density at radius 1 is 1.17 bits per heavy atom. The van der Waals surface area contributed by atoms with Crippen LogP contribution in [0.15, 0.2) is 42.5 Å². The van der Waals surface area contributed by atoms with Crippen molar-refractivity contribution >= 4 is 40.1 Å². The average molecular weight is 347 g/mol. The van der Waals surface area contributed by atoms with Crippen molar-refractivity contribution in [2.45, 2.75) is 6.54 Å². The fourth-order valence-electron chi connectivity index (χ4n) is 2.10. The van der Waals surface area contributed by atoms with Gasteiger partial charge in [-0.15, -0.1) is 0 Å². The molecule has 2 amide bonds. The standard InChI is InChI=1S/C16H12ClFN4O2/c17-10-6-5-9(7-11(10)18)20-16(24)15(23)19-8-14-21-12-3-1-2-4-13(12)22-14/h1-7H,8H2,(H,19,23)(H,20,24)(H,21,22). The molecule has 3 rings (SSSR count). The third-order valence-corrected chi connectivity index (χ3v) is 3.55. The van der Waals surface area contributed by atoms with Crippen molar-refractivity contribution < 1.29 is 14.0 Å². The number of anilines is 1. The Balaban J connectivity index is 1.59. The van der Waals surface area contributed by atoms with Gasteiger partial charge >= 0.3 is 11.8 Å². The molecule has 0 aliphatic rings. The first-order valence-electron chi connectivity index (χ1n) is 7.01. The Kier molecular flexibility index (Phi) is 4.43. The molecule has 24 heavy (non-hydrogen) atoms. The normalized spacial score (nSPS) is 10.6. The summed E-state index contributed by atoms with van der Waals surface area (Å²) < 4.78 is 13.3. The van der Waals surface area contributed by atoms with Gasteiger partial charge in [-0.25, -0.2) is 9.37 Å². The summed E-state index contributed by atoms with van der Waals surface area (Å²) >= 11 is 5.55. The maximum atomic E-state index is 13.3. The number of carbonyl (C=O) groups is 2. The van der Waals surface area contributed by atoms with Gasteiger partial charge in [0.1, 0.15) is 11.6 Å². The van der Waals surface area contributed by atoms with Crippen LogP contribution >= 0.6 is 11.6 Å². The lowest BCUT2D eigenvalue weighted by atomic mass is 10.3. The van der Waals surface area contributed by atoms with E-state index in [4.69, 9.17) is 11.6 Å². The predicted molar refractivity (Wildman–Crippen MR) is 88.0 cm³/mol. The third-order valence-electron chi connectivity index (χ3n) is 3.24. The Labute approximate surface area is 141 Å². The first kappa shape index (κ1) is 15.9. The van der Waals surface area contributed by atoms with Crippen LogP contribution < -0.4 is 10.6 Å². The molecule has 0 spiro atoms. The number of halogens is 2. The van der Waals surface area contributed by atoms with Crippen molar-refractivity contribution in [3.63, 3.8) is 0 Å². The lowest BCUT2D eigenvalue weighted by molar-refractivity contribution is -0.136. The van der Waals surface area contributed by atoms with Gasteiger partial charge in [0.25, 0.3) is 0 Å². The molecular formula is C16H12ClFN4O2. The van der Waals surface area contributed by atoms with Crippen LogP contribution in [0.3, 0.4) is 0 Å². The minimum Gasteiger partial charge on any atom is -0.341 e. The number of benzene rings is 2. The first-order valence-corrected chi connectivity index (χ1v) is 7.38. The summed E-state index contributed by atoms with van der Waals surface area (Å²) in [6.45, 7) is 0.0654. The lowest BCUT2D eigenvalue weighted by Crippen LogP contribution is -2.35. The van der Waals surface area contributed by atoms with Crippen LogP contribution in [0.5, 0.6) is 0 Å². The molecule has 0 saturated carbocycles. The van der Waals surface area contributed by atoms with Crippen LogP contribution in [-0.2, 0) is 16.1 Å². The van der Waals surface area contributed by atoms with Crippen LogP contribution in [-0.4, -0.2) is 21.8 Å². The molecule has 1 heterocycles. The second kappa shape index (κ2) is 6.67. The van der Waals surface area contributed by atoms with E-state index in [0.717, 1.165) is 17.1 Å². The highest BCUT2D eigenvalue weighted by Gasteiger charge is 2.15. The van der Waals surface area contributed by atoms with Gasteiger partial charge < -0.3 is 15.6 Å². The molecule has 0 fully saturated rings. The molecule has 0 saturated heterocycles. The number of aromatic nitrogens is 2. The highest BCUT2D eigenvalue weighted by atomic mass is 35.5. The topological polar surface area (TPSA) is 86.9 Å². The number of hydrogen-bond donors (Lipinski definition) is 3. The van der Waals surface area contributed by atoms with Gasteiger partial charge in [0.15, 0.2) is 0 Å². The molecule has 1 aromatic heterocycles. The summed E-state index contributed by atoms with van der Waals surface area (Å²) in [6, 6.07) is 11.1. The van der Waals surface area contributed by atoms with E-state index >= 15 is 0 Å². The summed E-state index contributed by atoms with van der Waals surface area (Å²) in [7, 11) is 0. The number of imidazole rings is 1. The summed E-state index contributed by atoms with van der Waals surface area (Å²) in [4.78, 5) is 30.9. The molecule has 3 aromatic rings. The number of nitrogens with one attached hydrogen (secondary N) is 3. The second-order valence-electron chi connectivity index (χ2n) is 4.97. The molecule has 3 N–H and O–H groups in total. The largest absolute Gasteiger partial charge is 0.341 e. The summed E-state index contributed by atoms with van der Waals surface area (Å²) in [5, 5.41) is 4.67. The van der Waals surface area contributed by atoms with Gasteiger partial charge in [-0.05, 0) is 30.3 Å². The van der Waals surface area contributed by atoms with E-state index in [-0.39, 0.29) is 17.3 Å². The average Bonchev–Trinajstić information content (AvgIpc) is 2.99. The van der Waals surface area contributed by atoms with Crippen molar-refractivity contribution in [3.05, 3.63) is 59.1 Å². The van der Waals surface area contributed by atoms with E-state index in [9.17, 15) is 14.0 Å². The quantitative estimate of drug-likeness (QED) is 0.637. The molecule has 0 bridgehead atoms. The van der Waals surface area contributed by atoms with Crippen molar-refractivity contribution in [2.75, 3.05) is 5.32 Å². The number of amides is 2. The van der Waals surface area contributed by atoms with Gasteiger partial charge in [0.2, 0.25) is 0 Å². The van der Waals surface area contributed by atoms with Gasteiger partial charge in [-0.3, -0.25) is 9.59 Å². The fourth-order valence-corrected chi connectivity index (χ4v) is 2.21. The highest BCUT2D eigenvalue weighted by molar-refractivity contribution is 6.39. The first-order chi connectivity index (χ1) is 11.5. The van der Waals surface area contributed by atoms with E-state index in [1.54, 1.807) is 0 Å². The molecule has 8 heteroatoms. The minimum atomic E-state index is -0.909. The number of H-pyrrole nitrogens is 1. The van der Waals surface area contributed by atoms with Crippen molar-refractivity contribution in [2.24, 2.45) is 0 Å². The molecule has 2 aromatic carbocycles. The van der Waals surface area contributed by atoms with Crippen LogP contribution in [0.2, 0.25) is 5.02 Å². The Hall–Kier alpha value is -2.93. The summed E-state index contributed by atoms with van der Waals surface area (Å²) in [5.74, 6) is -1.93. The number of aromatic amines is 1. The van der Waals surface area contributed by atoms with E-state index in [2.05, 4.69) is 20.6 Å². The van der Waals surface area contributed by atoms with E-state index in [0.29, 0.717) is 5.82 Å². The molecule has 0 atom stereocenters. The van der Waals surface area contributed by atoms with Crippen LogP contribution in [0.4, 0.5) is 10.1 Å². The van der Waals surface area contributed by atoms with Crippen molar-refractivity contribution in [3.8, 4) is 0 Å². The molecular weight excluding hydrogens is 335 g/mol. The minimum absolute atomic E-state index is 0.0654. The molecule has 0 unspecified atom stereocenters. The number of fused-ring (bicyclic) bond motifs is 1. The van der Waals surface area contributed by atoms with E-state index < -0.39 is 17.6 Å². The van der Waals surface area contributed by atoms with E-state index in [1.807, 2.05) is 24.3 Å². The molecule has 0 aliphatic carbocycles. The molecule has 0 aliphatic heterocycles. The maximum absolute atomic E-state index is 13.3. The zero-order chi connectivity index (χ0) is 17.1. The molecule has 122 valence electrons. The summed E-state index contributed by atoms with van der Waals surface area (Å²) in [5.41, 5.74) is 1.74. The van der Waals surface area contributed by atoms with Crippen LogP contribution in [0, 0.1) is 5.82 Å². The monoisotopic (exact) mass is 346 g/mol. The van der Waals surface area contributed by atoms with Crippen molar-refractivity contribution in [1.82, 2.24) is 15.3 Å². The van der Waals surface area contributed by atoms with Crippen LogP contribution in [0.1, 0.15) is 5.82 Å². The lowest BCUT2D eigenvalue weighted by Gasteiger charge is -2.06. The van der Waals surface area contributed by atoms with Gasteiger partial charge in [-0.2, -0.15) is 0 Å². The maximum Gasteiger partial charge on any atom is 0.313 e. The van der Waals surface area contributed by atoms with Crippen molar-refractivity contribution in [1.29, 1.82) is 0 Å². The van der Waals surface area contributed by atoms with E-state index in [1.165, 1.54) is 12.1 Å². The van der Waals surface area contributed by atoms with Gasteiger partial charge in [0, 0.05) is 5.69 Å². The zero-order valence-electron chi connectivity index (χ0n) is 12.3. The Morgan fingerprint density at radius 3 is 2.71 bits per heavy atom. The fraction of sp³-hybridized carbons (Fsp3) is 0.0625. The number of nitrogens with zero attached hydrogens (tertiary/aromatic N) is 1. The highest BCUT2D eigenvalue weighted by Crippen LogP contribution is 2.18. The van der Waals surface area contributed by atoms with Gasteiger partial charge in [0.05, 0.1) is 22.6 Å². The SMILES string of the molecule is O=C(NCc1nc2ccccc2[nH]1)C(=O)Nc1ccc(Cl)c(F)c1. The number of rotatable bonds is 3. The van der Waals surface area contributed by atoms with Crippen LogP contribution in [0.25, 0.3) is 11.0 Å². The third kappa shape index (κ3) is 3.52. The Morgan fingerprint density at radius 2 is 1.96 bits per heavy atom. The smallest absolute Gasteiger partial charge is 0.313 e. The number of para-hydroxylation sites is 2.